The number of fused-ring (bicyclic) bond motifs is 1. The molecule has 0 aliphatic carbocycles. The van der Waals surface area contributed by atoms with Crippen LogP contribution >= 0.6 is 11.8 Å². The molecule has 1 aromatic carbocycles. The standard InChI is InChI=1S/C17H25N3OS/c1-12(2)7-6-8-13(3)18-16(21)11-22-17-19-14-9-4-5-10-15(14)20-17/h4-5,9-10,12-13H,6-8,11H2,1-3H3,(H,18,21)(H,19,20)/t13-/m0/s1. The van der Waals surface area contributed by atoms with Crippen LogP contribution in [0.4, 0.5) is 0 Å². The highest BCUT2D eigenvalue weighted by molar-refractivity contribution is 7.99. The van der Waals surface area contributed by atoms with E-state index in [0.717, 1.165) is 34.9 Å². The zero-order valence-electron chi connectivity index (χ0n) is 13.6. The van der Waals surface area contributed by atoms with Crippen LogP contribution in [0.5, 0.6) is 0 Å². The fraction of sp³-hybridized carbons (Fsp3) is 0.529. The number of imidazole rings is 1. The molecule has 22 heavy (non-hydrogen) atoms. The van der Waals surface area contributed by atoms with Crippen molar-refractivity contribution in [2.75, 3.05) is 5.75 Å². The topological polar surface area (TPSA) is 57.8 Å². The van der Waals surface area contributed by atoms with Crippen LogP contribution in [-0.4, -0.2) is 27.7 Å². The Morgan fingerprint density at radius 2 is 2.05 bits per heavy atom. The number of hydrogen-bond donors (Lipinski definition) is 2. The molecule has 1 heterocycles. The van der Waals surface area contributed by atoms with Gasteiger partial charge in [0.2, 0.25) is 5.91 Å². The first-order valence-corrected chi connectivity index (χ1v) is 8.90. The molecular formula is C17H25N3OS. The number of aromatic nitrogens is 2. The summed E-state index contributed by atoms with van der Waals surface area (Å²) in [7, 11) is 0. The smallest absolute Gasteiger partial charge is 0.230 e. The number of amides is 1. The summed E-state index contributed by atoms with van der Waals surface area (Å²) in [6.07, 6.45) is 3.42. The van der Waals surface area contributed by atoms with Crippen molar-refractivity contribution in [1.29, 1.82) is 0 Å². The number of aromatic amines is 1. The van der Waals surface area contributed by atoms with Gasteiger partial charge < -0.3 is 10.3 Å². The van der Waals surface area contributed by atoms with Gasteiger partial charge in [0.25, 0.3) is 0 Å². The summed E-state index contributed by atoms with van der Waals surface area (Å²) in [4.78, 5) is 19.6. The minimum atomic E-state index is 0.0718. The SMILES string of the molecule is CC(C)CCC[C@H](C)NC(=O)CSc1nc2ccccc2[nH]1. The lowest BCUT2D eigenvalue weighted by molar-refractivity contribution is -0.119. The number of carbonyl (C=O) groups excluding carboxylic acids is 1. The number of benzene rings is 1. The van der Waals surface area contributed by atoms with E-state index < -0.39 is 0 Å². The molecule has 1 amide bonds. The molecule has 0 saturated carbocycles. The van der Waals surface area contributed by atoms with E-state index in [9.17, 15) is 4.79 Å². The van der Waals surface area contributed by atoms with Crippen LogP contribution in [0.1, 0.15) is 40.0 Å². The Morgan fingerprint density at radius 3 is 2.77 bits per heavy atom. The summed E-state index contributed by atoms with van der Waals surface area (Å²) < 4.78 is 0. The number of para-hydroxylation sites is 2. The molecule has 0 aliphatic rings. The Labute approximate surface area is 136 Å². The van der Waals surface area contributed by atoms with E-state index in [1.807, 2.05) is 24.3 Å². The average Bonchev–Trinajstić information content (AvgIpc) is 2.87. The van der Waals surface area contributed by atoms with Gasteiger partial charge in [-0.3, -0.25) is 4.79 Å². The fourth-order valence-electron chi connectivity index (χ4n) is 2.35. The molecule has 0 spiro atoms. The minimum absolute atomic E-state index is 0.0718. The van der Waals surface area contributed by atoms with Crippen molar-refractivity contribution in [3.05, 3.63) is 24.3 Å². The predicted octanol–water partition coefficient (Wildman–Crippen LogP) is 3.99. The second-order valence-electron chi connectivity index (χ2n) is 6.14. The third kappa shape index (κ3) is 5.37. The Morgan fingerprint density at radius 1 is 1.27 bits per heavy atom. The maximum atomic E-state index is 12.0. The Kier molecular flexibility index (Phi) is 6.31. The zero-order valence-corrected chi connectivity index (χ0v) is 14.4. The van der Waals surface area contributed by atoms with Crippen molar-refractivity contribution in [2.24, 2.45) is 5.92 Å². The van der Waals surface area contributed by atoms with Gasteiger partial charge in [-0.1, -0.05) is 50.6 Å². The van der Waals surface area contributed by atoms with E-state index in [0.29, 0.717) is 5.75 Å². The lowest BCUT2D eigenvalue weighted by Gasteiger charge is -2.14. The molecule has 1 atom stereocenters. The number of thioether (sulfide) groups is 1. The molecule has 2 N–H and O–H groups in total. The third-order valence-electron chi connectivity index (χ3n) is 3.53. The summed E-state index contributed by atoms with van der Waals surface area (Å²) in [5.74, 6) is 1.20. The van der Waals surface area contributed by atoms with Crippen LogP contribution in [0.2, 0.25) is 0 Å². The lowest BCUT2D eigenvalue weighted by atomic mass is 10.0. The summed E-state index contributed by atoms with van der Waals surface area (Å²) >= 11 is 1.45. The molecule has 0 unspecified atom stereocenters. The molecule has 1 aromatic heterocycles. The quantitative estimate of drug-likeness (QED) is 0.723. The van der Waals surface area contributed by atoms with Crippen molar-refractivity contribution >= 4 is 28.7 Å². The third-order valence-corrected chi connectivity index (χ3v) is 4.41. The van der Waals surface area contributed by atoms with Crippen molar-refractivity contribution in [1.82, 2.24) is 15.3 Å². The number of carbonyl (C=O) groups is 1. The van der Waals surface area contributed by atoms with Crippen LogP contribution in [0, 0.1) is 5.92 Å². The maximum Gasteiger partial charge on any atom is 0.230 e. The van der Waals surface area contributed by atoms with E-state index >= 15 is 0 Å². The predicted molar refractivity (Wildman–Crippen MR) is 93.1 cm³/mol. The number of rotatable bonds is 8. The average molecular weight is 319 g/mol. The van der Waals surface area contributed by atoms with Gasteiger partial charge in [-0.2, -0.15) is 0 Å². The molecule has 4 nitrogen and oxygen atoms in total. The summed E-state index contributed by atoms with van der Waals surface area (Å²) in [6.45, 7) is 6.53. The van der Waals surface area contributed by atoms with Crippen molar-refractivity contribution < 1.29 is 4.79 Å². The number of nitrogens with zero attached hydrogens (tertiary/aromatic N) is 1. The summed E-state index contributed by atoms with van der Waals surface area (Å²) in [5.41, 5.74) is 1.94. The van der Waals surface area contributed by atoms with Crippen molar-refractivity contribution in [2.45, 2.75) is 51.2 Å². The zero-order chi connectivity index (χ0) is 15.9. The van der Waals surface area contributed by atoms with Gasteiger partial charge in [0.1, 0.15) is 0 Å². The number of hydrogen-bond acceptors (Lipinski definition) is 3. The van der Waals surface area contributed by atoms with Gasteiger partial charge in [0, 0.05) is 6.04 Å². The van der Waals surface area contributed by atoms with Crippen LogP contribution in [0.25, 0.3) is 11.0 Å². The van der Waals surface area contributed by atoms with Gasteiger partial charge in [-0.25, -0.2) is 4.98 Å². The van der Waals surface area contributed by atoms with Crippen LogP contribution in [-0.2, 0) is 4.79 Å². The number of nitrogens with one attached hydrogen (secondary N) is 2. The molecular weight excluding hydrogens is 294 g/mol. The monoisotopic (exact) mass is 319 g/mol. The highest BCUT2D eigenvalue weighted by atomic mass is 32.2. The normalized spacial score (nSPS) is 12.7. The van der Waals surface area contributed by atoms with Gasteiger partial charge in [-0.15, -0.1) is 0 Å². The Hall–Kier alpha value is -1.49. The number of H-pyrrole nitrogens is 1. The van der Waals surface area contributed by atoms with Gasteiger partial charge in [-0.05, 0) is 31.4 Å². The van der Waals surface area contributed by atoms with E-state index in [4.69, 9.17) is 0 Å². The van der Waals surface area contributed by atoms with Crippen molar-refractivity contribution in [3.8, 4) is 0 Å². The van der Waals surface area contributed by atoms with E-state index in [1.165, 1.54) is 18.2 Å². The molecule has 0 saturated heterocycles. The second-order valence-corrected chi connectivity index (χ2v) is 7.11. The fourth-order valence-corrected chi connectivity index (χ4v) is 3.05. The van der Waals surface area contributed by atoms with Gasteiger partial charge >= 0.3 is 0 Å². The molecule has 0 radical (unpaired) electrons. The highest BCUT2D eigenvalue weighted by Crippen LogP contribution is 2.18. The highest BCUT2D eigenvalue weighted by Gasteiger charge is 2.10. The molecule has 0 fully saturated rings. The van der Waals surface area contributed by atoms with Crippen LogP contribution < -0.4 is 5.32 Å². The van der Waals surface area contributed by atoms with E-state index in [-0.39, 0.29) is 11.9 Å². The summed E-state index contributed by atoms with van der Waals surface area (Å²) in [5, 5.41) is 3.85. The molecule has 2 aromatic rings. The van der Waals surface area contributed by atoms with Crippen molar-refractivity contribution in [3.63, 3.8) is 0 Å². The first-order chi connectivity index (χ1) is 10.5. The van der Waals surface area contributed by atoms with Gasteiger partial charge in [0.15, 0.2) is 5.16 Å². The largest absolute Gasteiger partial charge is 0.353 e. The lowest BCUT2D eigenvalue weighted by Crippen LogP contribution is -2.33. The summed E-state index contributed by atoms with van der Waals surface area (Å²) in [6, 6.07) is 8.13. The molecule has 2 rings (SSSR count). The first kappa shape index (κ1) is 16.9. The van der Waals surface area contributed by atoms with Crippen LogP contribution in [0.15, 0.2) is 29.4 Å². The van der Waals surface area contributed by atoms with E-state index in [1.54, 1.807) is 0 Å². The molecule has 0 bridgehead atoms. The Balaban J connectivity index is 1.73. The van der Waals surface area contributed by atoms with Crippen LogP contribution in [0.3, 0.4) is 0 Å². The Bertz CT molecular complexity index is 576. The first-order valence-electron chi connectivity index (χ1n) is 7.91. The minimum Gasteiger partial charge on any atom is -0.353 e. The van der Waals surface area contributed by atoms with Gasteiger partial charge in [0.05, 0.1) is 16.8 Å². The molecule has 5 heteroatoms. The maximum absolute atomic E-state index is 12.0. The molecule has 120 valence electrons. The second kappa shape index (κ2) is 8.22. The van der Waals surface area contributed by atoms with E-state index in [2.05, 4.69) is 36.1 Å². The molecule has 0 aliphatic heterocycles.